The topological polar surface area (TPSA) is 143 Å². The summed E-state index contributed by atoms with van der Waals surface area (Å²) in [6, 6.07) is 13.3. The Morgan fingerprint density at radius 2 is 1.88 bits per heavy atom. The predicted octanol–water partition coefficient (Wildman–Crippen LogP) is 2.76. The fourth-order valence-electron chi connectivity index (χ4n) is 2.91. The van der Waals surface area contributed by atoms with E-state index in [4.69, 9.17) is 0 Å². The molecule has 3 N–H and O–H groups in total. The van der Waals surface area contributed by atoms with Crippen LogP contribution in [0.1, 0.15) is 16.1 Å². The maximum absolute atomic E-state index is 12.7. The molecule has 168 valence electrons. The molecule has 12 heteroatoms. The summed E-state index contributed by atoms with van der Waals surface area (Å²) >= 11 is 1.14. The van der Waals surface area contributed by atoms with Gasteiger partial charge in [0.25, 0.3) is 21.5 Å². The number of nitrogens with zero attached hydrogens (tertiary/aromatic N) is 3. The number of carbonyl (C=O) groups excluding carboxylic acids is 1. The fraction of sp³-hybridized carbons (Fsp3) is 0.0476. The normalized spacial score (nSPS) is 11.2. The summed E-state index contributed by atoms with van der Waals surface area (Å²) in [5.41, 5.74) is 0.633. The number of thiazole rings is 1. The minimum absolute atomic E-state index is 0.0235. The Hall–Kier alpha value is -4.03. The molecule has 0 spiro atoms. The second-order valence-electron chi connectivity index (χ2n) is 6.89. The summed E-state index contributed by atoms with van der Waals surface area (Å²) in [5.74, 6) is -1.35. The molecule has 0 radical (unpaired) electrons. The van der Waals surface area contributed by atoms with Gasteiger partial charge in [-0.15, -0.1) is 11.3 Å². The van der Waals surface area contributed by atoms with Gasteiger partial charge in [0.15, 0.2) is 16.6 Å². The Balaban J connectivity index is 1.56. The lowest BCUT2D eigenvalue weighted by atomic mass is 10.2. The maximum atomic E-state index is 12.7. The average molecular weight is 484 g/mol. The molecule has 0 bridgehead atoms. The molecule has 10 nitrogen and oxygen atoms in total. The first kappa shape index (κ1) is 22.2. The van der Waals surface area contributed by atoms with Crippen molar-refractivity contribution in [2.75, 3.05) is 10.0 Å². The van der Waals surface area contributed by atoms with E-state index in [1.54, 1.807) is 23.6 Å². The number of sulfonamides is 1. The lowest BCUT2D eigenvalue weighted by Crippen LogP contribution is -2.25. The summed E-state index contributed by atoms with van der Waals surface area (Å²) in [5, 5.41) is 18.5. The van der Waals surface area contributed by atoms with Gasteiger partial charge < -0.3 is 10.4 Å². The Morgan fingerprint density at radius 3 is 2.55 bits per heavy atom. The lowest BCUT2D eigenvalue weighted by Gasteiger charge is -2.10. The SMILES string of the molecule is Cc1cccc(-n2nc(C(=O)Nc3ccc(S(=O)(=O)Nc4nccs4)cc3)c(O)cc2=O)c1. The first-order valence-corrected chi connectivity index (χ1v) is 11.8. The summed E-state index contributed by atoms with van der Waals surface area (Å²) in [6.45, 7) is 1.85. The van der Waals surface area contributed by atoms with Gasteiger partial charge in [-0.2, -0.15) is 9.78 Å². The Labute approximate surface area is 192 Å². The van der Waals surface area contributed by atoms with E-state index >= 15 is 0 Å². The van der Waals surface area contributed by atoms with Crippen LogP contribution in [0.3, 0.4) is 0 Å². The van der Waals surface area contributed by atoms with Gasteiger partial charge >= 0.3 is 0 Å². The molecule has 2 aromatic carbocycles. The van der Waals surface area contributed by atoms with Gasteiger partial charge in [0.1, 0.15) is 0 Å². The third-order valence-electron chi connectivity index (χ3n) is 4.45. The van der Waals surface area contributed by atoms with Gasteiger partial charge in [0.2, 0.25) is 0 Å². The smallest absolute Gasteiger partial charge is 0.279 e. The van der Waals surface area contributed by atoms with Crippen LogP contribution in [0.15, 0.2) is 75.9 Å². The van der Waals surface area contributed by atoms with E-state index in [0.717, 1.165) is 27.6 Å². The summed E-state index contributed by atoms with van der Waals surface area (Å²) in [7, 11) is -3.84. The van der Waals surface area contributed by atoms with Crippen molar-refractivity contribution in [1.29, 1.82) is 0 Å². The molecule has 0 aliphatic heterocycles. The molecule has 1 amide bonds. The van der Waals surface area contributed by atoms with Gasteiger partial charge in [-0.05, 0) is 48.9 Å². The third-order valence-corrected chi connectivity index (χ3v) is 6.62. The van der Waals surface area contributed by atoms with Gasteiger partial charge in [0, 0.05) is 23.3 Å². The zero-order valence-corrected chi connectivity index (χ0v) is 18.7. The Kier molecular flexibility index (Phi) is 5.94. The van der Waals surface area contributed by atoms with Crippen LogP contribution in [-0.4, -0.2) is 34.2 Å². The molecule has 33 heavy (non-hydrogen) atoms. The van der Waals surface area contributed by atoms with Crippen molar-refractivity contribution in [1.82, 2.24) is 14.8 Å². The van der Waals surface area contributed by atoms with Crippen LogP contribution in [0.5, 0.6) is 5.75 Å². The molecule has 0 saturated carbocycles. The van der Waals surface area contributed by atoms with Crippen LogP contribution in [0.2, 0.25) is 0 Å². The van der Waals surface area contributed by atoms with Gasteiger partial charge in [0.05, 0.1) is 10.6 Å². The van der Waals surface area contributed by atoms with Crippen molar-refractivity contribution in [3.8, 4) is 11.4 Å². The number of hydrogen-bond acceptors (Lipinski definition) is 8. The van der Waals surface area contributed by atoms with Crippen molar-refractivity contribution in [3.05, 3.63) is 87.8 Å². The lowest BCUT2D eigenvalue weighted by molar-refractivity contribution is 0.101. The average Bonchev–Trinajstić information content (AvgIpc) is 3.26. The number of benzene rings is 2. The van der Waals surface area contributed by atoms with Crippen LogP contribution < -0.4 is 15.6 Å². The van der Waals surface area contributed by atoms with E-state index in [1.807, 2.05) is 13.0 Å². The highest BCUT2D eigenvalue weighted by atomic mass is 32.2. The first-order valence-electron chi connectivity index (χ1n) is 9.47. The zero-order chi connectivity index (χ0) is 23.6. The number of aromatic hydroxyl groups is 1. The molecule has 4 aromatic rings. The minimum atomic E-state index is -3.84. The fourth-order valence-corrected chi connectivity index (χ4v) is 4.70. The first-order chi connectivity index (χ1) is 15.7. The van der Waals surface area contributed by atoms with Crippen molar-refractivity contribution < 1.29 is 18.3 Å². The van der Waals surface area contributed by atoms with E-state index in [1.165, 1.54) is 30.5 Å². The Bertz CT molecular complexity index is 1480. The molecule has 0 saturated heterocycles. The minimum Gasteiger partial charge on any atom is -0.505 e. The van der Waals surface area contributed by atoms with E-state index < -0.39 is 27.2 Å². The van der Waals surface area contributed by atoms with Gasteiger partial charge in [-0.25, -0.2) is 13.4 Å². The molecular weight excluding hydrogens is 466 g/mol. The highest BCUT2D eigenvalue weighted by Crippen LogP contribution is 2.21. The highest BCUT2D eigenvalue weighted by Gasteiger charge is 2.19. The number of nitrogens with one attached hydrogen (secondary N) is 2. The molecule has 0 atom stereocenters. The van der Waals surface area contributed by atoms with Crippen molar-refractivity contribution in [2.24, 2.45) is 0 Å². The van der Waals surface area contributed by atoms with Crippen molar-refractivity contribution >= 4 is 38.1 Å². The van der Waals surface area contributed by atoms with E-state index in [2.05, 4.69) is 20.1 Å². The van der Waals surface area contributed by atoms with Gasteiger partial charge in [-0.3, -0.25) is 14.3 Å². The summed E-state index contributed by atoms with van der Waals surface area (Å²) in [6.07, 6.45) is 1.48. The molecule has 2 heterocycles. The van der Waals surface area contributed by atoms with Crippen molar-refractivity contribution in [3.63, 3.8) is 0 Å². The third kappa shape index (κ3) is 4.91. The summed E-state index contributed by atoms with van der Waals surface area (Å²) < 4.78 is 28.2. The number of rotatable bonds is 6. The number of anilines is 2. The van der Waals surface area contributed by atoms with E-state index in [9.17, 15) is 23.1 Å². The molecule has 0 aliphatic carbocycles. The number of carbonyl (C=O) groups is 1. The quantitative estimate of drug-likeness (QED) is 0.383. The monoisotopic (exact) mass is 483 g/mol. The predicted molar refractivity (Wildman–Crippen MR) is 124 cm³/mol. The maximum Gasteiger partial charge on any atom is 0.279 e. The number of hydrogen-bond donors (Lipinski definition) is 3. The van der Waals surface area contributed by atoms with Crippen molar-refractivity contribution in [2.45, 2.75) is 11.8 Å². The number of amides is 1. The second kappa shape index (κ2) is 8.84. The molecular formula is C21H17N5O5S2. The van der Waals surface area contributed by atoms with Crippen LogP contribution in [-0.2, 0) is 10.0 Å². The molecule has 0 aliphatic rings. The largest absolute Gasteiger partial charge is 0.505 e. The summed E-state index contributed by atoms with van der Waals surface area (Å²) in [4.78, 5) is 28.8. The second-order valence-corrected chi connectivity index (χ2v) is 9.47. The zero-order valence-electron chi connectivity index (χ0n) is 17.1. The molecule has 0 unspecified atom stereocenters. The Morgan fingerprint density at radius 1 is 1.12 bits per heavy atom. The van der Waals surface area contributed by atoms with Crippen LogP contribution in [0, 0.1) is 6.92 Å². The molecule has 4 rings (SSSR count). The van der Waals surface area contributed by atoms with E-state index in [0.29, 0.717) is 5.69 Å². The highest BCUT2D eigenvalue weighted by molar-refractivity contribution is 7.93. The standard InChI is InChI=1S/C21H17N5O5S2/c1-13-3-2-4-15(11-13)26-18(28)12-17(27)19(24-26)20(29)23-14-5-7-16(8-6-14)33(30,31)25-21-22-9-10-32-21/h2-12,27H,1H3,(H,22,25)(H,23,29). The van der Waals surface area contributed by atoms with Crippen LogP contribution in [0.25, 0.3) is 5.69 Å². The van der Waals surface area contributed by atoms with Crippen LogP contribution in [0.4, 0.5) is 10.8 Å². The number of aromatic nitrogens is 3. The molecule has 2 aromatic heterocycles. The van der Waals surface area contributed by atoms with E-state index in [-0.39, 0.29) is 21.4 Å². The van der Waals surface area contributed by atoms with Gasteiger partial charge in [-0.1, -0.05) is 12.1 Å². The molecule has 0 fully saturated rings. The van der Waals surface area contributed by atoms with Crippen LogP contribution >= 0.6 is 11.3 Å². The number of aryl methyl sites for hydroxylation is 1.